The summed E-state index contributed by atoms with van der Waals surface area (Å²) in [5.41, 5.74) is -0.275. The number of methoxy groups -OCH3 is 1. The molecular weight excluding hydrogens is 369 g/mol. The van der Waals surface area contributed by atoms with Crippen LogP contribution in [0.3, 0.4) is 0 Å². The minimum absolute atomic E-state index is 0.0419. The van der Waals surface area contributed by atoms with Crippen molar-refractivity contribution in [1.29, 1.82) is 0 Å². The summed E-state index contributed by atoms with van der Waals surface area (Å²) in [6.07, 6.45) is -1.72. The first-order valence-corrected chi connectivity index (χ1v) is 7.72. The van der Waals surface area contributed by atoms with Gasteiger partial charge in [0.05, 0.1) is 12.8 Å². The molecule has 0 saturated carbocycles. The van der Waals surface area contributed by atoms with Gasteiger partial charge < -0.3 is 10.1 Å². The van der Waals surface area contributed by atoms with Crippen LogP contribution in [-0.2, 0) is 6.18 Å². The highest BCUT2D eigenvalue weighted by atomic mass is 35.5. The number of hydrogen-bond donors (Lipinski definition) is 1. The van der Waals surface area contributed by atoms with Gasteiger partial charge in [0, 0.05) is 29.0 Å². The number of anilines is 2. The van der Waals surface area contributed by atoms with Crippen LogP contribution < -0.4 is 10.1 Å². The van der Waals surface area contributed by atoms with Gasteiger partial charge in [-0.25, -0.2) is 9.97 Å². The van der Waals surface area contributed by atoms with Crippen LogP contribution in [0.2, 0.25) is 5.02 Å². The van der Waals surface area contributed by atoms with E-state index < -0.39 is 11.9 Å². The fourth-order valence-corrected chi connectivity index (χ4v) is 2.37. The molecule has 2 aromatic heterocycles. The van der Waals surface area contributed by atoms with Gasteiger partial charge in [0.15, 0.2) is 11.5 Å². The highest BCUT2D eigenvalue weighted by Gasteiger charge is 2.34. The largest absolute Gasteiger partial charge is 0.495 e. The van der Waals surface area contributed by atoms with Crippen molar-refractivity contribution in [1.82, 2.24) is 15.0 Å². The average molecular weight is 381 g/mol. The second kappa shape index (κ2) is 7.17. The van der Waals surface area contributed by atoms with E-state index in [4.69, 9.17) is 16.3 Å². The molecule has 5 nitrogen and oxygen atoms in total. The summed E-state index contributed by atoms with van der Waals surface area (Å²) in [4.78, 5) is 11.6. The Bertz CT molecular complexity index is 920. The Labute approximate surface area is 151 Å². The highest BCUT2D eigenvalue weighted by molar-refractivity contribution is 6.31. The van der Waals surface area contributed by atoms with Crippen LogP contribution in [0, 0.1) is 0 Å². The molecule has 0 spiro atoms. The fraction of sp³-hybridized carbons (Fsp3) is 0.118. The van der Waals surface area contributed by atoms with Gasteiger partial charge in [-0.1, -0.05) is 11.6 Å². The molecule has 0 unspecified atom stereocenters. The number of nitrogens with zero attached hydrogens (tertiary/aromatic N) is 3. The first kappa shape index (κ1) is 17.9. The molecule has 0 amide bonds. The summed E-state index contributed by atoms with van der Waals surface area (Å²) in [6, 6.07) is 8.61. The zero-order chi connectivity index (χ0) is 18.7. The number of aromatic nitrogens is 3. The molecule has 9 heteroatoms. The fourth-order valence-electron chi connectivity index (χ4n) is 2.20. The van der Waals surface area contributed by atoms with Gasteiger partial charge in [0.25, 0.3) is 0 Å². The Morgan fingerprint density at radius 3 is 2.42 bits per heavy atom. The lowest BCUT2D eigenvalue weighted by Crippen LogP contribution is -2.11. The zero-order valence-electron chi connectivity index (χ0n) is 13.4. The second-order valence-corrected chi connectivity index (χ2v) is 5.60. The number of pyridine rings is 1. The zero-order valence-corrected chi connectivity index (χ0v) is 14.1. The lowest BCUT2D eigenvalue weighted by Gasteiger charge is -2.14. The van der Waals surface area contributed by atoms with Crippen LogP contribution in [0.1, 0.15) is 5.69 Å². The van der Waals surface area contributed by atoms with E-state index >= 15 is 0 Å². The first-order valence-electron chi connectivity index (χ1n) is 7.34. The Kier molecular flexibility index (Phi) is 4.94. The molecule has 0 bridgehead atoms. The van der Waals surface area contributed by atoms with E-state index in [1.807, 2.05) is 0 Å². The van der Waals surface area contributed by atoms with Crippen molar-refractivity contribution < 1.29 is 17.9 Å². The molecule has 0 saturated heterocycles. The van der Waals surface area contributed by atoms with E-state index in [9.17, 15) is 13.2 Å². The molecule has 0 aliphatic carbocycles. The van der Waals surface area contributed by atoms with E-state index in [-0.39, 0.29) is 11.6 Å². The molecule has 1 aromatic carbocycles. The first-order chi connectivity index (χ1) is 12.4. The second-order valence-electron chi connectivity index (χ2n) is 5.17. The van der Waals surface area contributed by atoms with Crippen molar-refractivity contribution in [3.8, 4) is 17.1 Å². The Balaban J connectivity index is 2.08. The molecular formula is C17H12ClF3N4O. The molecule has 1 N–H and O–H groups in total. The number of benzene rings is 1. The van der Waals surface area contributed by atoms with E-state index in [2.05, 4.69) is 20.3 Å². The van der Waals surface area contributed by atoms with Crippen molar-refractivity contribution in [2.75, 3.05) is 12.4 Å². The number of hydrogen-bond acceptors (Lipinski definition) is 5. The predicted octanol–water partition coefficient (Wildman–Crippen LogP) is 4.96. The molecule has 3 rings (SSSR count). The highest BCUT2D eigenvalue weighted by Crippen LogP contribution is 2.34. The SMILES string of the molecule is COc1ccc(Cl)cc1Nc1cc(C(F)(F)F)nc(-c2ccncc2)n1. The average Bonchev–Trinajstić information content (AvgIpc) is 2.62. The minimum atomic E-state index is -4.63. The van der Waals surface area contributed by atoms with Crippen molar-refractivity contribution in [2.45, 2.75) is 6.18 Å². The Morgan fingerprint density at radius 2 is 1.77 bits per heavy atom. The lowest BCUT2D eigenvalue weighted by atomic mass is 10.2. The normalized spacial score (nSPS) is 11.3. The van der Waals surface area contributed by atoms with Gasteiger partial charge in [-0.15, -0.1) is 0 Å². The van der Waals surface area contributed by atoms with Crippen LogP contribution in [0.25, 0.3) is 11.4 Å². The van der Waals surface area contributed by atoms with E-state index in [1.54, 1.807) is 12.1 Å². The molecule has 0 atom stereocenters. The lowest BCUT2D eigenvalue weighted by molar-refractivity contribution is -0.141. The summed E-state index contributed by atoms with van der Waals surface area (Å²) >= 11 is 5.96. The maximum absolute atomic E-state index is 13.2. The maximum Gasteiger partial charge on any atom is 0.433 e. The van der Waals surface area contributed by atoms with E-state index in [0.717, 1.165) is 6.07 Å². The maximum atomic E-state index is 13.2. The van der Waals surface area contributed by atoms with Crippen LogP contribution in [0.5, 0.6) is 5.75 Å². The molecule has 3 aromatic rings. The van der Waals surface area contributed by atoms with Crippen LogP contribution in [0.15, 0.2) is 48.8 Å². The third-order valence-corrected chi connectivity index (χ3v) is 3.61. The van der Waals surface area contributed by atoms with Gasteiger partial charge in [0.1, 0.15) is 11.6 Å². The quantitative estimate of drug-likeness (QED) is 0.693. The molecule has 0 aliphatic rings. The number of ether oxygens (including phenoxy) is 1. The number of nitrogens with one attached hydrogen (secondary N) is 1. The van der Waals surface area contributed by atoms with Gasteiger partial charge in [0.2, 0.25) is 0 Å². The van der Waals surface area contributed by atoms with Crippen molar-refractivity contribution in [3.05, 3.63) is 59.5 Å². The summed E-state index contributed by atoms with van der Waals surface area (Å²) in [5.74, 6) is 0.289. The Hall–Kier alpha value is -2.87. The molecule has 0 radical (unpaired) electrons. The number of halogens is 4. The smallest absolute Gasteiger partial charge is 0.433 e. The summed E-state index contributed by atoms with van der Waals surface area (Å²) in [6.45, 7) is 0. The summed E-state index contributed by atoms with van der Waals surface area (Å²) < 4.78 is 44.9. The van der Waals surface area contributed by atoms with Gasteiger partial charge >= 0.3 is 6.18 Å². The van der Waals surface area contributed by atoms with Crippen molar-refractivity contribution >= 4 is 23.1 Å². The van der Waals surface area contributed by atoms with Gasteiger partial charge in [-0.05, 0) is 30.3 Å². The monoisotopic (exact) mass is 380 g/mol. The van der Waals surface area contributed by atoms with Gasteiger partial charge in [-0.2, -0.15) is 13.2 Å². The number of alkyl halides is 3. The summed E-state index contributed by atoms with van der Waals surface area (Å²) in [5, 5.41) is 3.21. The van der Waals surface area contributed by atoms with E-state index in [0.29, 0.717) is 22.0 Å². The third kappa shape index (κ3) is 4.02. The molecule has 134 valence electrons. The molecule has 0 aliphatic heterocycles. The molecule has 26 heavy (non-hydrogen) atoms. The standard InChI is InChI=1S/C17H12ClF3N4O/c1-26-13-3-2-11(18)8-12(13)23-15-9-14(17(19,20)21)24-16(25-15)10-4-6-22-7-5-10/h2-9H,1H3,(H,23,24,25). The Morgan fingerprint density at radius 1 is 1.04 bits per heavy atom. The van der Waals surface area contributed by atoms with Crippen LogP contribution in [0.4, 0.5) is 24.7 Å². The van der Waals surface area contributed by atoms with Crippen LogP contribution >= 0.6 is 11.6 Å². The number of rotatable bonds is 4. The molecule has 0 fully saturated rings. The van der Waals surface area contributed by atoms with Crippen LogP contribution in [-0.4, -0.2) is 22.1 Å². The summed E-state index contributed by atoms with van der Waals surface area (Å²) in [7, 11) is 1.44. The van der Waals surface area contributed by atoms with E-state index in [1.165, 1.54) is 37.7 Å². The predicted molar refractivity (Wildman–Crippen MR) is 91.6 cm³/mol. The third-order valence-electron chi connectivity index (χ3n) is 3.38. The van der Waals surface area contributed by atoms with Gasteiger partial charge in [-0.3, -0.25) is 4.98 Å². The molecule has 2 heterocycles. The van der Waals surface area contributed by atoms with Crippen molar-refractivity contribution in [2.24, 2.45) is 0 Å². The minimum Gasteiger partial charge on any atom is -0.495 e. The topological polar surface area (TPSA) is 59.9 Å². The van der Waals surface area contributed by atoms with Crippen molar-refractivity contribution in [3.63, 3.8) is 0 Å².